The molecule has 1 aromatic carbocycles. The molecule has 0 N–H and O–H groups in total. The van der Waals surface area contributed by atoms with E-state index in [2.05, 4.69) is 11.8 Å². The van der Waals surface area contributed by atoms with E-state index in [9.17, 15) is 10.1 Å². The van der Waals surface area contributed by atoms with Crippen LogP contribution in [0.4, 0.5) is 5.69 Å². The van der Waals surface area contributed by atoms with Gasteiger partial charge in [0, 0.05) is 18.7 Å². The van der Waals surface area contributed by atoms with Gasteiger partial charge in [-0.05, 0) is 37.4 Å². The lowest BCUT2D eigenvalue weighted by atomic mass is 9.91. The van der Waals surface area contributed by atoms with Crippen molar-refractivity contribution in [1.29, 1.82) is 0 Å². The number of piperidine rings is 1. The van der Waals surface area contributed by atoms with E-state index in [4.69, 9.17) is 0 Å². The Kier molecular flexibility index (Phi) is 6.84. The van der Waals surface area contributed by atoms with Crippen molar-refractivity contribution >= 4 is 5.69 Å². The summed E-state index contributed by atoms with van der Waals surface area (Å²) in [7, 11) is 0. The molecule has 1 fully saturated rings. The van der Waals surface area contributed by atoms with Crippen LogP contribution in [0.1, 0.15) is 57.4 Å². The van der Waals surface area contributed by atoms with E-state index < -0.39 is 0 Å². The molecule has 0 atom stereocenters. The Balaban J connectivity index is 1.69. The van der Waals surface area contributed by atoms with Gasteiger partial charge in [0.05, 0.1) is 4.92 Å². The number of hydrogen-bond acceptors (Lipinski definition) is 3. The summed E-state index contributed by atoms with van der Waals surface area (Å²) in [5, 5.41) is 10.7. The minimum absolute atomic E-state index is 0.175. The molecule has 0 amide bonds. The van der Waals surface area contributed by atoms with Gasteiger partial charge in [0.2, 0.25) is 0 Å². The lowest BCUT2D eigenvalue weighted by Gasteiger charge is -2.32. The second-order valence-electron chi connectivity index (χ2n) is 6.49. The van der Waals surface area contributed by atoms with Gasteiger partial charge in [-0.15, -0.1) is 0 Å². The number of unbranched alkanes of at least 4 members (excludes halogenated alkanes) is 3. The van der Waals surface area contributed by atoms with Crippen molar-refractivity contribution in [3.05, 3.63) is 39.9 Å². The third kappa shape index (κ3) is 5.41. The summed E-state index contributed by atoms with van der Waals surface area (Å²) in [6.45, 7) is 5.50. The highest BCUT2D eigenvalue weighted by Crippen LogP contribution is 2.24. The Morgan fingerprint density at radius 2 is 1.82 bits per heavy atom. The SMILES string of the molecule is CCCCCCC1CCN(Cc2ccc([N+](=O)[O-])cc2)CC1. The van der Waals surface area contributed by atoms with Gasteiger partial charge in [0.25, 0.3) is 5.69 Å². The fraction of sp³-hybridized carbons (Fsp3) is 0.667. The van der Waals surface area contributed by atoms with Crippen molar-refractivity contribution < 1.29 is 4.92 Å². The zero-order valence-electron chi connectivity index (χ0n) is 13.7. The maximum absolute atomic E-state index is 10.7. The van der Waals surface area contributed by atoms with Crippen LogP contribution in [0.25, 0.3) is 0 Å². The van der Waals surface area contributed by atoms with Crippen LogP contribution in [0, 0.1) is 16.0 Å². The van der Waals surface area contributed by atoms with Crippen molar-refractivity contribution in [2.45, 2.75) is 58.4 Å². The van der Waals surface area contributed by atoms with Gasteiger partial charge >= 0.3 is 0 Å². The number of non-ortho nitro benzene ring substituents is 1. The molecule has 0 bridgehead atoms. The summed E-state index contributed by atoms with van der Waals surface area (Å²) in [6.07, 6.45) is 9.47. The van der Waals surface area contributed by atoms with E-state index in [1.54, 1.807) is 12.1 Å². The highest BCUT2D eigenvalue weighted by atomic mass is 16.6. The Morgan fingerprint density at radius 1 is 1.14 bits per heavy atom. The smallest absolute Gasteiger partial charge is 0.269 e. The average Bonchev–Trinajstić information content (AvgIpc) is 2.54. The van der Waals surface area contributed by atoms with Gasteiger partial charge in [-0.25, -0.2) is 0 Å². The van der Waals surface area contributed by atoms with Crippen LogP contribution in [-0.4, -0.2) is 22.9 Å². The quantitative estimate of drug-likeness (QED) is 0.394. The first-order chi connectivity index (χ1) is 10.7. The van der Waals surface area contributed by atoms with Crippen molar-refractivity contribution in [3.63, 3.8) is 0 Å². The minimum atomic E-state index is -0.339. The van der Waals surface area contributed by atoms with Crippen LogP contribution in [-0.2, 0) is 6.54 Å². The van der Waals surface area contributed by atoms with Gasteiger partial charge in [-0.2, -0.15) is 0 Å². The molecule has 1 aromatic rings. The summed E-state index contributed by atoms with van der Waals surface area (Å²) in [5.41, 5.74) is 1.35. The average molecular weight is 304 g/mol. The summed E-state index contributed by atoms with van der Waals surface area (Å²) in [4.78, 5) is 12.8. The molecular weight excluding hydrogens is 276 g/mol. The molecule has 2 rings (SSSR count). The third-order valence-electron chi connectivity index (χ3n) is 4.73. The van der Waals surface area contributed by atoms with E-state index in [1.807, 2.05) is 12.1 Å². The van der Waals surface area contributed by atoms with Crippen molar-refractivity contribution in [1.82, 2.24) is 4.90 Å². The molecule has 0 saturated carbocycles. The lowest BCUT2D eigenvalue weighted by Crippen LogP contribution is -2.33. The zero-order chi connectivity index (χ0) is 15.8. The molecule has 1 aliphatic rings. The van der Waals surface area contributed by atoms with E-state index in [0.717, 1.165) is 25.6 Å². The molecule has 4 nitrogen and oxygen atoms in total. The number of likely N-dealkylation sites (tertiary alicyclic amines) is 1. The van der Waals surface area contributed by atoms with Gasteiger partial charge < -0.3 is 0 Å². The van der Waals surface area contributed by atoms with E-state index in [-0.39, 0.29) is 10.6 Å². The monoisotopic (exact) mass is 304 g/mol. The Hall–Kier alpha value is -1.42. The van der Waals surface area contributed by atoms with Gasteiger partial charge in [-0.3, -0.25) is 15.0 Å². The summed E-state index contributed by atoms with van der Waals surface area (Å²) < 4.78 is 0. The van der Waals surface area contributed by atoms with Gasteiger partial charge in [0.1, 0.15) is 0 Å². The van der Waals surface area contributed by atoms with Crippen molar-refractivity contribution in [2.75, 3.05) is 13.1 Å². The number of nitrogens with zero attached hydrogens (tertiary/aromatic N) is 2. The Morgan fingerprint density at radius 3 is 2.41 bits per heavy atom. The Bertz CT molecular complexity index is 451. The fourth-order valence-corrected chi connectivity index (χ4v) is 3.27. The summed E-state index contributed by atoms with van der Waals surface area (Å²) in [5.74, 6) is 0.907. The normalized spacial score (nSPS) is 16.8. The van der Waals surface area contributed by atoms with Gasteiger partial charge in [0.15, 0.2) is 0 Å². The maximum Gasteiger partial charge on any atom is 0.269 e. The minimum Gasteiger partial charge on any atom is -0.299 e. The van der Waals surface area contributed by atoms with Crippen LogP contribution in [0.3, 0.4) is 0 Å². The molecule has 1 aliphatic heterocycles. The van der Waals surface area contributed by atoms with E-state index in [1.165, 1.54) is 50.5 Å². The van der Waals surface area contributed by atoms with Crippen molar-refractivity contribution in [3.8, 4) is 0 Å². The molecule has 1 saturated heterocycles. The highest BCUT2D eigenvalue weighted by molar-refractivity contribution is 5.32. The van der Waals surface area contributed by atoms with Crippen LogP contribution in [0.2, 0.25) is 0 Å². The first-order valence-corrected chi connectivity index (χ1v) is 8.64. The standard InChI is InChI=1S/C18H28N2O2/c1-2-3-4-5-6-16-11-13-19(14-12-16)15-17-7-9-18(10-8-17)20(21)22/h7-10,16H,2-6,11-15H2,1H3. The maximum atomic E-state index is 10.7. The Labute approximate surface area is 133 Å². The van der Waals surface area contributed by atoms with Crippen molar-refractivity contribution in [2.24, 2.45) is 5.92 Å². The topological polar surface area (TPSA) is 46.4 Å². The highest BCUT2D eigenvalue weighted by Gasteiger charge is 2.19. The molecular formula is C18H28N2O2. The molecule has 122 valence electrons. The predicted molar refractivity (Wildman–Crippen MR) is 89.9 cm³/mol. The number of rotatable bonds is 8. The molecule has 0 aliphatic carbocycles. The van der Waals surface area contributed by atoms with Crippen LogP contribution in [0.15, 0.2) is 24.3 Å². The molecule has 1 heterocycles. The van der Waals surface area contributed by atoms with Gasteiger partial charge in [-0.1, -0.05) is 51.2 Å². The van der Waals surface area contributed by atoms with Crippen LogP contribution < -0.4 is 0 Å². The van der Waals surface area contributed by atoms with E-state index >= 15 is 0 Å². The lowest BCUT2D eigenvalue weighted by molar-refractivity contribution is -0.384. The zero-order valence-corrected chi connectivity index (χ0v) is 13.7. The molecule has 22 heavy (non-hydrogen) atoms. The number of hydrogen-bond donors (Lipinski definition) is 0. The second-order valence-corrected chi connectivity index (χ2v) is 6.49. The molecule has 0 unspecified atom stereocenters. The van der Waals surface area contributed by atoms with E-state index in [0.29, 0.717) is 0 Å². The largest absolute Gasteiger partial charge is 0.299 e. The summed E-state index contributed by atoms with van der Waals surface area (Å²) >= 11 is 0. The molecule has 0 spiro atoms. The first-order valence-electron chi connectivity index (χ1n) is 8.64. The molecule has 0 aromatic heterocycles. The first kappa shape index (κ1) is 16.9. The number of nitro groups is 1. The van der Waals surface area contributed by atoms with Crippen LogP contribution >= 0.6 is 0 Å². The second kappa shape index (κ2) is 8.89. The third-order valence-corrected chi connectivity index (χ3v) is 4.73. The number of benzene rings is 1. The summed E-state index contributed by atoms with van der Waals surface area (Å²) in [6, 6.07) is 6.98. The molecule has 0 radical (unpaired) electrons. The predicted octanol–water partition coefficient (Wildman–Crippen LogP) is 4.78. The van der Waals surface area contributed by atoms with Crippen LogP contribution in [0.5, 0.6) is 0 Å². The fourth-order valence-electron chi connectivity index (χ4n) is 3.27. The molecule has 4 heteroatoms. The number of nitro benzene ring substituents is 1.